The van der Waals surface area contributed by atoms with Crippen molar-refractivity contribution >= 4 is 5.96 Å². The molecule has 2 rings (SSSR count). The molecule has 1 aromatic heterocycles. The molecule has 0 amide bonds. The second-order valence-corrected chi connectivity index (χ2v) is 5.05. The van der Waals surface area contributed by atoms with E-state index in [9.17, 15) is 0 Å². The molecule has 23 heavy (non-hydrogen) atoms. The summed E-state index contributed by atoms with van der Waals surface area (Å²) in [6.07, 6.45) is 1.80. The Kier molecular flexibility index (Phi) is 6.91. The van der Waals surface area contributed by atoms with Crippen LogP contribution in [-0.2, 0) is 6.54 Å². The zero-order valence-corrected chi connectivity index (χ0v) is 13.7. The summed E-state index contributed by atoms with van der Waals surface area (Å²) in [5.74, 6) is 1.65. The van der Waals surface area contributed by atoms with E-state index in [4.69, 9.17) is 4.74 Å². The number of guanidine groups is 1. The highest BCUT2D eigenvalue weighted by atomic mass is 16.5. The highest BCUT2D eigenvalue weighted by Gasteiger charge is 2.00. The smallest absolute Gasteiger partial charge is 0.191 e. The Labute approximate surface area is 137 Å². The van der Waals surface area contributed by atoms with E-state index >= 15 is 0 Å². The summed E-state index contributed by atoms with van der Waals surface area (Å²) >= 11 is 0. The van der Waals surface area contributed by atoms with Crippen molar-refractivity contribution in [2.24, 2.45) is 4.99 Å². The summed E-state index contributed by atoms with van der Waals surface area (Å²) in [4.78, 5) is 8.92. The van der Waals surface area contributed by atoms with Crippen molar-refractivity contribution in [3.63, 3.8) is 0 Å². The third-order valence-electron chi connectivity index (χ3n) is 3.26. The molecule has 0 aliphatic heterocycles. The Balaban J connectivity index is 1.81. The molecule has 0 saturated heterocycles. The maximum atomic E-state index is 5.66. The van der Waals surface area contributed by atoms with Gasteiger partial charge in [-0.2, -0.15) is 0 Å². The molecule has 5 nitrogen and oxygen atoms in total. The molecule has 1 heterocycles. The lowest BCUT2D eigenvalue weighted by Crippen LogP contribution is -2.39. The van der Waals surface area contributed by atoms with Crippen molar-refractivity contribution in [2.75, 3.05) is 19.7 Å². The van der Waals surface area contributed by atoms with Crippen molar-refractivity contribution in [2.45, 2.75) is 20.4 Å². The Morgan fingerprint density at radius 1 is 1.13 bits per heavy atom. The number of nitrogens with zero attached hydrogens (tertiary/aromatic N) is 2. The third-order valence-corrected chi connectivity index (χ3v) is 3.26. The number of ether oxygens (including phenoxy) is 1. The van der Waals surface area contributed by atoms with Crippen LogP contribution in [0.5, 0.6) is 5.75 Å². The largest absolute Gasteiger partial charge is 0.492 e. The number of hydrogen-bond acceptors (Lipinski definition) is 3. The first-order valence-electron chi connectivity index (χ1n) is 7.90. The molecule has 0 unspecified atom stereocenters. The van der Waals surface area contributed by atoms with Crippen molar-refractivity contribution in [3.8, 4) is 5.75 Å². The summed E-state index contributed by atoms with van der Waals surface area (Å²) in [6.45, 7) is 6.72. The lowest BCUT2D eigenvalue weighted by molar-refractivity contribution is 0.322. The van der Waals surface area contributed by atoms with Crippen LogP contribution in [-0.4, -0.2) is 30.6 Å². The SMILES string of the molecule is CCNC(=NCc1ncccc1C)NCCOc1ccccc1. The first kappa shape index (κ1) is 16.8. The molecular weight excluding hydrogens is 288 g/mol. The van der Waals surface area contributed by atoms with E-state index in [0.717, 1.165) is 29.5 Å². The molecule has 2 N–H and O–H groups in total. The standard InChI is InChI=1S/C18H24N4O/c1-3-19-18(22-14-17-15(2)8-7-11-20-17)21-12-13-23-16-9-5-4-6-10-16/h4-11H,3,12-14H2,1-2H3,(H2,19,21,22). The van der Waals surface area contributed by atoms with Gasteiger partial charge in [0.25, 0.3) is 0 Å². The van der Waals surface area contributed by atoms with Gasteiger partial charge in [-0.25, -0.2) is 4.99 Å². The van der Waals surface area contributed by atoms with E-state index in [1.807, 2.05) is 56.3 Å². The molecule has 0 aliphatic rings. The zero-order valence-electron chi connectivity index (χ0n) is 13.7. The molecule has 2 aromatic rings. The predicted octanol–water partition coefficient (Wildman–Crippen LogP) is 2.52. The number of benzene rings is 1. The van der Waals surface area contributed by atoms with Crippen LogP contribution < -0.4 is 15.4 Å². The maximum Gasteiger partial charge on any atom is 0.191 e. The number of hydrogen-bond donors (Lipinski definition) is 2. The van der Waals surface area contributed by atoms with E-state index in [-0.39, 0.29) is 0 Å². The molecule has 0 aliphatic carbocycles. The Bertz CT molecular complexity index is 613. The molecule has 122 valence electrons. The summed E-state index contributed by atoms with van der Waals surface area (Å²) in [5, 5.41) is 6.49. The lowest BCUT2D eigenvalue weighted by Gasteiger charge is -2.12. The Morgan fingerprint density at radius 2 is 1.96 bits per heavy atom. The van der Waals surface area contributed by atoms with Crippen LogP contribution in [0, 0.1) is 6.92 Å². The molecule has 1 aromatic carbocycles. The minimum atomic E-state index is 0.557. The summed E-state index contributed by atoms with van der Waals surface area (Å²) in [7, 11) is 0. The summed E-state index contributed by atoms with van der Waals surface area (Å²) < 4.78 is 5.66. The van der Waals surface area contributed by atoms with Gasteiger partial charge in [-0.05, 0) is 37.6 Å². The third kappa shape index (κ3) is 5.98. The molecule has 0 radical (unpaired) electrons. The lowest BCUT2D eigenvalue weighted by atomic mass is 10.2. The van der Waals surface area contributed by atoms with E-state index in [1.165, 1.54) is 0 Å². The van der Waals surface area contributed by atoms with E-state index in [0.29, 0.717) is 19.7 Å². The quantitative estimate of drug-likeness (QED) is 0.468. The van der Waals surface area contributed by atoms with Gasteiger partial charge in [0.05, 0.1) is 18.8 Å². The minimum absolute atomic E-state index is 0.557. The fourth-order valence-corrected chi connectivity index (χ4v) is 2.03. The highest BCUT2D eigenvalue weighted by molar-refractivity contribution is 5.79. The molecular formula is C18H24N4O. The van der Waals surface area contributed by atoms with Gasteiger partial charge < -0.3 is 15.4 Å². The predicted molar refractivity (Wildman–Crippen MR) is 93.7 cm³/mol. The Morgan fingerprint density at radius 3 is 2.70 bits per heavy atom. The van der Waals surface area contributed by atoms with Gasteiger partial charge in [-0.3, -0.25) is 4.98 Å². The topological polar surface area (TPSA) is 58.5 Å². The van der Waals surface area contributed by atoms with E-state index in [1.54, 1.807) is 6.20 Å². The average molecular weight is 312 g/mol. The zero-order chi connectivity index (χ0) is 16.3. The van der Waals surface area contributed by atoms with Gasteiger partial charge in [0.2, 0.25) is 0 Å². The second-order valence-electron chi connectivity index (χ2n) is 5.05. The number of aromatic nitrogens is 1. The van der Waals surface area contributed by atoms with Crippen molar-refractivity contribution in [1.29, 1.82) is 0 Å². The van der Waals surface area contributed by atoms with Crippen molar-refractivity contribution in [3.05, 3.63) is 59.9 Å². The van der Waals surface area contributed by atoms with Crippen LogP contribution >= 0.6 is 0 Å². The van der Waals surface area contributed by atoms with Crippen molar-refractivity contribution < 1.29 is 4.74 Å². The molecule has 5 heteroatoms. The maximum absolute atomic E-state index is 5.66. The Hall–Kier alpha value is -2.56. The summed E-state index contributed by atoms with van der Waals surface area (Å²) in [6, 6.07) is 13.8. The van der Waals surface area contributed by atoms with Gasteiger partial charge in [-0.15, -0.1) is 0 Å². The number of rotatable bonds is 7. The van der Waals surface area contributed by atoms with Crippen LogP contribution in [0.3, 0.4) is 0 Å². The van der Waals surface area contributed by atoms with E-state index < -0.39 is 0 Å². The molecule has 0 atom stereocenters. The fourth-order valence-electron chi connectivity index (χ4n) is 2.03. The number of para-hydroxylation sites is 1. The van der Waals surface area contributed by atoms with Crippen LogP contribution in [0.2, 0.25) is 0 Å². The highest BCUT2D eigenvalue weighted by Crippen LogP contribution is 2.07. The summed E-state index contributed by atoms with van der Waals surface area (Å²) in [5.41, 5.74) is 2.14. The van der Waals surface area contributed by atoms with Gasteiger partial charge in [0, 0.05) is 12.7 Å². The van der Waals surface area contributed by atoms with Gasteiger partial charge >= 0.3 is 0 Å². The van der Waals surface area contributed by atoms with Crippen LogP contribution in [0.25, 0.3) is 0 Å². The fraction of sp³-hybridized carbons (Fsp3) is 0.333. The normalized spacial score (nSPS) is 11.1. The van der Waals surface area contributed by atoms with Crippen LogP contribution in [0.15, 0.2) is 53.7 Å². The molecule has 0 bridgehead atoms. The number of pyridine rings is 1. The first-order chi connectivity index (χ1) is 11.3. The average Bonchev–Trinajstić information content (AvgIpc) is 2.58. The van der Waals surface area contributed by atoms with E-state index in [2.05, 4.69) is 20.6 Å². The van der Waals surface area contributed by atoms with Crippen LogP contribution in [0.1, 0.15) is 18.2 Å². The second kappa shape index (κ2) is 9.46. The van der Waals surface area contributed by atoms with Crippen molar-refractivity contribution in [1.82, 2.24) is 15.6 Å². The van der Waals surface area contributed by atoms with Gasteiger partial charge in [0.1, 0.15) is 12.4 Å². The molecule has 0 saturated carbocycles. The number of aliphatic imine (C=N–C) groups is 1. The minimum Gasteiger partial charge on any atom is -0.492 e. The first-order valence-corrected chi connectivity index (χ1v) is 7.90. The van der Waals surface area contributed by atoms with Gasteiger partial charge in [0.15, 0.2) is 5.96 Å². The van der Waals surface area contributed by atoms with Gasteiger partial charge in [-0.1, -0.05) is 24.3 Å². The number of aryl methyl sites for hydroxylation is 1. The monoisotopic (exact) mass is 312 g/mol. The molecule has 0 fully saturated rings. The molecule has 0 spiro atoms. The van der Waals surface area contributed by atoms with Crippen LogP contribution in [0.4, 0.5) is 0 Å². The number of nitrogens with one attached hydrogen (secondary N) is 2.